The molecule has 1 aliphatic rings. The number of anilines is 1. The first-order valence-corrected chi connectivity index (χ1v) is 5.09. The number of ketones is 1. The Morgan fingerprint density at radius 1 is 1.50 bits per heavy atom. The minimum absolute atomic E-state index is 0.216. The summed E-state index contributed by atoms with van der Waals surface area (Å²) < 4.78 is 0. The summed E-state index contributed by atoms with van der Waals surface area (Å²) in [4.78, 5) is 10.9. The van der Waals surface area contributed by atoms with Gasteiger partial charge in [-0.3, -0.25) is 4.79 Å². The van der Waals surface area contributed by atoms with E-state index < -0.39 is 0 Å². The van der Waals surface area contributed by atoms with Crippen LogP contribution in [0.15, 0.2) is 24.3 Å². The van der Waals surface area contributed by atoms with E-state index in [-0.39, 0.29) is 5.78 Å². The van der Waals surface area contributed by atoms with Gasteiger partial charge in [-0.1, -0.05) is 12.1 Å². The molecule has 0 bridgehead atoms. The van der Waals surface area contributed by atoms with Crippen LogP contribution >= 0.6 is 0 Å². The third-order valence-corrected chi connectivity index (χ3v) is 2.33. The fourth-order valence-corrected chi connectivity index (χ4v) is 1.52. The highest BCUT2D eigenvalue weighted by molar-refractivity contribution is 5.78. The van der Waals surface area contributed by atoms with E-state index in [2.05, 4.69) is 17.4 Å². The maximum atomic E-state index is 10.9. The molecule has 2 rings (SSSR count). The zero-order valence-corrected chi connectivity index (χ0v) is 8.42. The van der Waals surface area contributed by atoms with Crippen molar-refractivity contribution in [1.29, 1.82) is 0 Å². The lowest BCUT2D eigenvalue weighted by atomic mass is 10.1. The average molecular weight is 189 g/mol. The average Bonchev–Trinajstić information content (AvgIpc) is 2.87. The zero-order chi connectivity index (χ0) is 9.97. The number of carbonyl (C=O) groups excluding carboxylic acids is 1. The third kappa shape index (κ3) is 2.59. The molecule has 1 aliphatic carbocycles. The lowest BCUT2D eigenvalue weighted by molar-refractivity contribution is -0.116. The Morgan fingerprint density at radius 2 is 2.29 bits per heavy atom. The largest absolute Gasteiger partial charge is 0.382 e. The Kier molecular flexibility index (Phi) is 2.53. The van der Waals surface area contributed by atoms with E-state index in [1.165, 1.54) is 12.8 Å². The van der Waals surface area contributed by atoms with Crippen LogP contribution in [0.1, 0.15) is 25.3 Å². The highest BCUT2D eigenvalue weighted by Gasteiger charge is 2.20. The Morgan fingerprint density at radius 3 is 2.93 bits per heavy atom. The van der Waals surface area contributed by atoms with E-state index in [1.807, 2.05) is 12.1 Å². The predicted octanol–water partition coefficient (Wildman–Crippen LogP) is 2.39. The maximum absolute atomic E-state index is 10.9. The molecule has 74 valence electrons. The van der Waals surface area contributed by atoms with Crippen molar-refractivity contribution in [3.8, 4) is 0 Å². The molecule has 1 N–H and O–H groups in total. The van der Waals surface area contributed by atoms with E-state index in [0.717, 1.165) is 11.3 Å². The van der Waals surface area contributed by atoms with Gasteiger partial charge in [0.2, 0.25) is 0 Å². The number of rotatable bonds is 4. The van der Waals surface area contributed by atoms with Crippen molar-refractivity contribution < 1.29 is 4.79 Å². The first-order valence-electron chi connectivity index (χ1n) is 5.09. The van der Waals surface area contributed by atoms with Gasteiger partial charge in [0, 0.05) is 18.2 Å². The van der Waals surface area contributed by atoms with Crippen LogP contribution in [0.3, 0.4) is 0 Å². The second kappa shape index (κ2) is 3.82. The summed E-state index contributed by atoms with van der Waals surface area (Å²) in [6, 6.07) is 8.80. The molecule has 1 aromatic carbocycles. The van der Waals surface area contributed by atoms with Gasteiger partial charge in [0.1, 0.15) is 5.78 Å². The quantitative estimate of drug-likeness (QED) is 0.788. The minimum atomic E-state index is 0.216. The summed E-state index contributed by atoms with van der Waals surface area (Å²) >= 11 is 0. The molecule has 0 heterocycles. The van der Waals surface area contributed by atoms with Crippen molar-refractivity contribution in [3.63, 3.8) is 0 Å². The topological polar surface area (TPSA) is 29.1 Å². The van der Waals surface area contributed by atoms with Gasteiger partial charge >= 0.3 is 0 Å². The lowest BCUT2D eigenvalue weighted by Crippen LogP contribution is -2.02. The van der Waals surface area contributed by atoms with Crippen molar-refractivity contribution in [2.45, 2.75) is 32.2 Å². The van der Waals surface area contributed by atoms with E-state index in [9.17, 15) is 4.79 Å². The van der Waals surface area contributed by atoms with Gasteiger partial charge in [-0.05, 0) is 37.5 Å². The number of benzene rings is 1. The third-order valence-electron chi connectivity index (χ3n) is 2.33. The lowest BCUT2D eigenvalue weighted by Gasteiger charge is -2.05. The van der Waals surface area contributed by atoms with Crippen molar-refractivity contribution >= 4 is 11.5 Å². The van der Waals surface area contributed by atoms with Gasteiger partial charge in [-0.25, -0.2) is 0 Å². The van der Waals surface area contributed by atoms with Gasteiger partial charge in [0.25, 0.3) is 0 Å². The first-order chi connectivity index (χ1) is 6.74. The number of hydrogen-bond acceptors (Lipinski definition) is 2. The Hall–Kier alpha value is -1.31. The minimum Gasteiger partial charge on any atom is -0.382 e. The van der Waals surface area contributed by atoms with Crippen LogP contribution in [0.5, 0.6) is 0 Å². The predicted molar refractivity (Wildman–Crippen MR) is 57.5 cm³/mol. The molecule has 2 heteroatoms. The summed E-state index contributed by atoms with van der Waals surface area (Å²) in [6.45, 7) is 1.63. The van der Waals surface area contributed by atoms with Crippen LogP contribution < -0.4 is 5.32 Å². The molecule has 1 saturated carbocycles. The summed E-state index contributed by atoms with van der Waals surface area (Å²) in [5.41, 5.74) is 2.24. The van der Waals surface area contributed by atoms with Crippen molar-refractivity contribution in [2.24, 2.45) is 0 Å². The van der Waals surface area contributed by atoms with Gasteiger partial charge < -0.3 is 5.32 Å². The molecule has 0 spiro atoms. The van der Waals surface area contributed by atoms with Gasteiger partial charge in [-0.15, -0.1) is 0 Å². The van der Waals surface area contributed by atoms with Crippen LogP contribution in [0.25, 0.3) is 0 Å². The van der Waals surface area contributed by atoms with Crippen LogP contribution in [-0.2, 0) is 11.2 Å². The Labute approximate surface area is 84.3 Å². The summed E-state index contributed by atoms with van der Waals surface area (Å²) in [7, 11) is 0. The molecule has 1 aromatic rings. The standard InChI is InChI=1S/C12H15NO/c1-9(14)7-10-3-2-4-12(8-10)13-11-5-6-11/h2-4,8,11,13H,5-7H2,1H3. The van der Waals surface area contributed by atoms with Crippen LogP contribution in [0, 0.1) is 0 Å². The van der Waals surface area contributed by atoms with E-state index in [1.54, 1.807) is 6.92 Å². The highest BCUT2D eigenvalue weighted by Crippen LogP contribution is 2.24. The summed E-state index contributed by atoms with van der Waals surface area (Å²) in [5.74, 6) is 0.216. The molecule has 0 saturated heterocycles. The van der Waals surface area contributed by atoms with E-state index in [4.69, 9.17) is 0 Å². The van der Waals surface area contributed by atoms with E-state index in [0.29, 0.717) is 12.5 Å². The molecule has 0 radical (unpaired) electrons. The van der Waals surface area contributed by atoms with Gasteiger partial charge in [0.15, 0.2) is 0 Å². The Balaban J connectivity index is 2.05. The summed E-state index contributed by atoms with van der Waals surface area (Å²) in [6.07, 6.45) is 3.09. The second-order valence-corrected chi connectivity index (χ2v) is 4.00. The van der Waals surface area contributed by atoms with Gasteiger partial charge in [0.05, 0.1) is 0 Å². The molecule has 14 heavy (non-hydrogen) atoms. The number of carbonyl (C=O) groups is 1. The highest BCUT2D eigenvalue weighted by atomic mass is 16.1. The number of hydrogen-bond donors (Lipinski definition) is 1. The molecule has 0 aromatic heterocycles. The smallest absolute Gasteiger partial charge is 0.134 e. The van der Waals surface area contributed by atoms with Gasteiger partial charge in [-0.2, -0.15) is 0 Å². The second-order valence-electron chi connectivity index (χ2n) is 4.00. The molecular formula is C12H15NO. The SMILES string of the molecule is CC(=O)Cc1cccc(NC2CC2)c1. The Bertz CT molecular complexity index is 342. The maximum Gasteiger partial charge on any atom is 0.134 e. The number of nitrogens with one attached hydrogen (secondary N) is 1. The monoisotopic (exact) mass is 189 g/mol. The fraction of sp³-hybridized carbons (Fsp3) is 0.417. The molecular weight excluding hydrogens is 174 g/mol. The number of Topliss-reactive ketones (excluding diaryl/α,β-unsaturated/α-hetero) is 1. The van der Waals surface area contributed by atoms with Crippen LogP contribution in [0.4, 0.5) is 5.69 Å². The van der Waals surface area contributed by atoms with Crippen LogP contribution in [0.2, 0.25) is 0 Å². The molecule has 0 atom stereocenters. The first kappa shape index (κ1) is 9.25. The molecule has 0 amide bonds. The van der Waals surface area contributed by atoms with Crippen LogP contribution in [-0.4, -0.2) is 11.8 Å². The zero-order valence-electron chi connectivity index (χ0n) is 8.42. The molecule has 2 nitrogen and oxygen atoms in total. The summed E-state index contributed by atoms with van der Waals surface area (Å²) in [5, 5.41) is 3.42. The van der Waals surface area contributed by atoms with Crippen molar-refractivity contribution in [1.82, 2.24) is 0 Å². The molecule has 0 unspecified atom stereocenters. The molecule has 1 fully saturated rings. The van der Waals surface area contributed by atoms with Crippen molar-refractivity contribution in [2.75, 3.05) is 5.32 Å². The van der Waals surface area contributed by atoms with E-state index >= 15 is 0 Å². The fourth-order valence-electron chi connectivity index (χ4n) is 1.52. The molecule has 0 aliphatic heterocycles. The normalized spacial score (nSPS) is 15.2. The van der Waals surface area contributed by atoms with Crippen molar-refractivity contribution in [3.05, 3.63) is 29.8 Å².